The summed E-state index contributed by atoms with van der Waals surface area (Å²) in [6.07, 6.45) is 20.8. The van der Waals surface area contributed by atoms with Crippen LogP contribution in [0.3, 0.4) is 0 Å². The van der Waals surface area contributed by atoms with Crippen molar-refractivity contribution in [3.05, 3.63) is 17.7 Å². The molecule has 53 heavy (non-hydrogen) atoms. The third kappa shape index (κ3) is 25.7. The van der Waals surface area contributed by atoms with E-state index in [1.54, 1.807) is 26.0 Å². The lowest BCUT2D eigenvalue weighted by molar-refractivity contribution is -0.140. The lowest BCUT2D eigenvalue weighted by atomic mass is 10.0. The maximum atomic E-state index is 13.8. The van der Waals surface area contributed by atoms with E-state index in [4.69, 9.17) is 38.5 Å². The van der Waals surface area contributed by atoms with E-state index in [0.29, 0.717) is 37.1 Å². The van der Waals surface area contributed by atoms with Gasteiger partial charge in [-0.25, -0.2) is 4.79 Å². The molecule has 1 atom stereocenters. The van der Waals surface area contributed by atoms with Gasteiger partial charge in [-0.3, -0.25) is 13.9 Å². The first kappa shape index (κ1) is 46.2. The number of esters is 1. The SMILES string of the molecule is CCCCCCCCCCCCCCCCOCCCOP(=O)(C/C=C(\COC(C)=O)COc1cc(NC2CC2)nc(N)n1)OCOC(=O)OC(C)C. The van der Waals surface area contributed by atoms with E-state index in [9.17, 15) is 14.2 Å². The molecule has 0 aliphatic heterocycles. The third-order valence-electron chi connectivity index (χ3n) is 8.24. The van der Waals surface area contributed by atoms with Crippen LogP contribution < -0.4 is 15.8 Å². The fourth-order valence-corrected chi connectivity index (χ4v) is 6.57. The molecule has 1 aromatic rings. The van der Waals surface area contributed by atoms with Gasteiger partial charge in [-0.2, -0.15) is 9.97 Å². The second kappa shape index (κ2) is 28.5. The lowest BCUT2D eigenvalue weighted by Crippen LogP contribution is -2.15. The number of rotatable bonds is 33. The predicted molar refractivity (Wildman–Crippen MR) is 206 cm³/mol. The van der Waals surface area contributed by atoms with Gasteiger partial charge in [0.2, 0.25) is 18.6 Å². The minimum absolute atomic E-state index is 0.0435. The molecule has 0 spiro atoms. The molecule has 3 N–H and O–H groups in total. The summed E-state index contributed by atoms with van der Waals surface area (Å²) in [6.45, 7) is 7.26. The first-order valence-corrected chi connectivity index (χ1v) is 21.5. The first-order valence-electron chi connectivity index (χ1n) is 19.7. The highest BCUT2D eigenvalue weighted by Crippen LogP contribution is 2.48. The Bertz CT molecular complexity index is 1230. The van der Waals surface area contributed by atoms with Gasteiger partial charge in [0.1, 0.15) is 19.0 Å². The fraction of sp³-hybridized carbons (Fsp3) is 0.789. The topological polar surface area (TPSA) is 180 Å². The van der Waals surface area contributed by atoms with Crippen molar-refractivity contribution in [2.75, 3.05) is 57.0 Å². The number of unbranched alkanes of at least 4 members (excludes halogenated alkanes) is 13. The van der Waals surface area contributed by atoms with Gasteiger partial charge >= 0.3 is 19.7 Å². The number of nitrogens with two attached hydrogens (primary N) is 1. The Morgan fingerprint density at radius 1 is 0.868 bits per heavy atom. The molecule has 0 bridgehead atoms. The second-order valence-electron chi connectivity index (χ2n) is 13.8. The number of carbonyl (C=O) groups excluding carboxylic acids is 2. The molecule has 15 heteroatoms. The number of hydrogen-bond donors (Lipinski definition) is 2. The van der Waals surface area contributed by atoms with E-state index >= 15 is 0 Å². The number of hydrogen-bond acceptors (Lipinski definition) is 14. The van der Waals surface area contributed by atoms with Crippen molar-refractivity contribution < 1.29 is 46.9 Å². The Balaban J connectivity index is 1.77. The van der Waals surface area contributed by atoms with Crippen molar-refractivity contribution >= 4 is 31.5 Å². The largest absolute Gasteiger partial charge is 0.510 e. The number of nitrogens with one attached hydrogen (secondary N) is 1. The number of ether oxygens (including phenoxy) is 5. The van der Waals surface area contributed by atoms with Crippen molar-refractivity contribution in [3.63, 3.8) is 0 Å². The number of allylic oxidation sites excluding steroid dienone is 1. The van der Waals surface area contributed by atoms with E-state index in [1.165, 1.54) is 84.0 Å². The molecule has 1 unspecified atom stereocenters. The molecule has 304 valence electrons. The van der Waals surface area contributed by atoms with Crippen molar-refractivity contribution in [1.29, 1.82) is 0 Å². The van der Waals surface area contributed by atoms with Gasteiger partial charge < -0.3 is 39.3 Å². The Morgan fingerprint density at radius 3 is 2.09 bits per heavy atom. The summed E-state index contributed by atoms with van der Waals surface area (Å²) in [5.41, 5.74) is 6.33. The van der Waals surface area contributed by atoms with Gasteiger partial charge in [0.05, 0.1) is 18.9 Å². The monoisotopic (exact) mass is 770 g/mol. The zero-order valence-electron chi connectivity index (χ0n) is 32.8. The van der Waals surface area contributed by atoms with Gasteiger partial charge in [-0.1, -0.05) is 96.5 Å². The summed E-state index contributed by atoms with van der Waals surface area (Å²) in [5, 5.41) is 3.25. The van der Waals surface area contributed by atoms with Crippen LogP contribution in [0.1, 0.15) is 137 Å². The lowest BCUT2D eigenvalue weighted by Gasteiger charge is -2.18. The number of nitrogens with zero attached hydrogens (tertiary/aromatic N) is 2. The van der Waals surface area contributed by atoms with Gasteiger partial charge in [-0.15, -0.1) is 0 Å². The Morgan fingerprint density at radius 2 is 1.49 bits per heavy atom. The van der Waals surface area contributed by atoms with E-state index in [2.05, 4.69) is 22.2 Å². The van der Waals surface area contributed by atoms with Crippen LogP contribution in [0.25, 0.3) is 0 Å². The van der Waals surface area contributed by atoms with Crippen molar-refractivity contribution in [1.82, 2.24) is 9.97 Å². The molecule has 1 saturated carbocycles. The van der Waals surface area contributed by atoms with Crippen molar-refractivity contribution in [3.8, 4) is 5.88 Å². The molecule has 0 aromatic carbocycles. The molecule has 1 aromatic heterocycles. The molecule has 0 radical (unpaired) electrons. The highest BCUT2D eigenvalue weighted by Gasteiger charge is 2.25. The van der Waals surface area contributed by atoms with E-state index < -0.39 is 32.6 Å². The Hall–Kier alpha value is -2.93. The first-order chi connectivity index (χ1) is 25.6. The quantitative estimate of drug-likeness (QED) is 0.0227. The van der Waals surface area contributed by atoms with Crippen LogP contribution in [-0.4, -0.2) is 80.2 Å². The molecule has 2 rings (SSSR count). The summed E-state index contributed by atoms with van der Waals surface area (Å²) in [5.74, 6) is 0.310. The molecular weight excluding hydrogens is 703 g/mol. The maximum Gasteiger partial charge on any atom is 0.510 e. The minimum Gasteiger partial charge on any atom is -0.473 e. The molecule has 0 saturated heterocycles. The average Bonchev–Trinajstić information content (AvgIpc) is 3.92. The van der Waals surface area contributed by atoms with Gasteiger partial charge in [-0.05, 0) is 39.5 Å². The molecular formula is C38H67N4O10P. The Kier molecular flexibility index (Phi) is 24.9. The van der Waals surface area contributed by atoms with Crippen molar-refractivity contribution in [2.24, 2.45) is 0 Å². The van der Waals surface area contributed by atoms with E-state index in [-0.39, 0.29) is 37.8 Å². The molecule has 1 heterocycles. The molecule has 1 aliphatic rings. The highest BCUT2D eigenvalue weighted by molar-refractivity contribution is 7.54. The summed E-state index contributed by atoms with van der Waals surface area (Å²) in [6, 6.07) is 1.98. The smallest absolute Gasteiger partial charge is 0.473 e. The van der Waals surface area contributed by atoms with Gasteiger partial charge in [0, 0.05) is 37.8 Å². The summed E-state index contributed by atoms with van der Waals surface area (Å²) in [4.78, 5) is 31.7. The van der Waals surface area contributed by atoms with Gasteiger partial charge in [0.15, 0.2) is 0 Å². The number of aromatic nitrogens is 2. The van der Waals surface area contributed by atoms with Crippen LogP contribution in [0.5, 0.6) is 5.88 Å². The van der Waals surface area contributed by atoms with Crippen LogP contribution in [0, 0.1) is 0 Å². The molecule has 1 aliphatic carbocycles. The third-order valence-corrected chi connectivity index (χ3v) is 9.95. The molecule has 1 fully saturated rings. The molecule has 0 amide bonds. The number of carbonyl (C=O) groups is 2. The van der Waals surface area contributed by atoms with Gasteiger partial charge in [0.25, 0.3) is 0 Å². The maximum absolute atomic E-state index is 13.8. The summed E-state index contributed by atoms with van der Waals surface area (Å²) in [7, 11) is -3.84. The standard InChI is InChI=1S/C38H67N4O10P/c1-5-6-7-8-9-10-11-12-13-14-15-16-17-18-23-46-24-19-25-50-53(45,51-30-49-38(44)52-31(2)3)26-22-33(28-47-32(4)43)29-48-36-27-35(40-34-20-21-34)41-37(39)42-36/h22,27,31,34H,5-21,23-26,28-30H2,1-4H3,(H3,39,40,41,42)/b33-22+. The number of nitrogen functional groups attached to an aromatic ring is 1. The summed E-state index contributed by atoms with van der Waals surface area (Å²) < 4.78 is 51.6. The van der Waals surface area contributed by atoms with Crippen LogP contribution >= 0.6 is 7.60 Å². The van der Waals surface area contributed by atoms with Crippen LogP contribution in [0.15, 0.2) is 17.7 Å². The molecule has 14 nitrogen and oxygen atoms in total. The second-order valence-corrected chi connectivity index (χ2v) is 15.9. The fourth-order valence-electron chi connectivity index (χ4n) is 5.18. The number of anilines is 2. The zero-order chi connectivity index (χ0) is 38.6. The van der Waals surface area contributed by atoms with Crippen LogP contribution in [0.2, 0.25) is 0 Å². The average molecular weight is 771 g/mol. The minimum atomic E-state index is -3.84. The van der Waals surface area contributed by atoms with Crippen molar-refractivity contribution in [2.45, 2.75) is 149 Å². The normalized spacial score (nSPS) is 14.2. The Labute approximate surface area is 317 Å². The van der Waals surface area contributed by atoms with Crippen LogP contribution in [-0.2, 0) is 37.4 Å². The van der Waals surface area contributed by atoms with E-state index in [1.807, 2.05) is 0 Å². The summed E-state index contributed by atoms with van der Waals surface area (Å²) >= 11 is 0. The highest BCUT2D eigenvalue weighted by atomic mass is 31.2. The zero-order valence-corrected chi connectivity index (χ0v) is 33.7. The van der Waals surface area contributed by atoms with E-state index in [0.717, 1.165) is 25.7 Å². The van der Waals surface area contributed by atoms with Crippen LogP contribution in [0.4, 0.5) is 16.6 Å². The predicted octanol–water partition coefficient (Wildman–Crippen LogP) is 9.13.